The number of hydrogen-bond acceptors (Lipinski definition) is 4. The number of anilines is 2. The Bertz CT molecular complexity index is 623. The minimum atomic E-state index is -0.336. The molecule has 1 heterocycles. The van der Waals surface area contributed by atoms with Gasteiger partial charge in [0.15, 0.2) is 0 Å². The van der Waals surface area contributed by atoms with Gasteiger partial charge in [0.25, 0.3) is 0 Å². The predicted octanol–water partition coefficient (Wildman–Crippen LogP) is 1.93. The molecule has 0 spiro atoms. The molecule has 104 valence electrons. The van der Waals surface area contributed by atoms with Gasteiger partial charge in [-0.05, 0) is 12.1 Å². The van der Waals surface area contributed by atoms with E-state index in [1.807, 2.05) is 0 Å². The fourth-order valence-electron chi connectivity index (χ4n) is 1.63. The molecule has 2 aromatic rings. The van der Waals surface area contributed by atoms with Crippen molar-refractivity contribution < 1.29 is 14.3 Å². The van der Waals surface area contributed by atoms with Crippen molar-refractivity contribution >= 4 is 23.3 Å². The van der Waals surface area contributed by atoms with Gasteiger partial charge in [-0.3, -0.25) is 9.36 Å². The molecule has 0 aliphatic heterocycles. The van der Waals surface area contributed by atoms with Gasteiger partial charge in [-0.25, -0.2) is 9.78 Å². The van der Waals surface area contributed by atoms with Crippen LogP contribution in [0.2, 0.25) is 0 Å². The Labute approximate surface area is 115 Å². The van der Waals surface area contributed by atoms with Crippen LogP contribution in [0.1, 0.15) is 6.92 Å². The molecule has 0 saturated heterocycles. The second-order valence-corrected chi connectivity index (χ2v) is 4.00. The van der Waals surface area contributed by atoms with Gasteiger partial charge in [-0.2, -0.15) is 0 Å². The van der Waals surface area contributed by atoms with E-state index in [1.54, 1.807) is 18.2 Å². The normalized spacial score (nSPS) is 9.90. The number of carbonyl (C=O) groups excluding carboxylic acids is 2. The quantitative estimate of drug-likeness (QED) is 0.895. The van der Waals surface area contributed by atoms with Gasteiger partial charge in [0.05, 0.1) is 12.8 Å². The summed E-state index contributed by atoms with van der Waals surface area (Å²) < 4.78 is 6.49. The zero-order valence-corrected chi connectivity index (χ0v) is 11.1. The van der Waals surface area contributed by atoms with Gasteiger partial charge in [-0.1, -0.05) is 0 Å². The highest BCUT2D eigenvalue weighted by atomic mass is 16.5. The largest absolute Gasteiger partial charge is 0.494 e. The second-order valence-electron chi connectivity index (χ2n) is 4.00. The monoisotopic (exact) mass is 274 g/mol. The first-order chi connectivity index (χ1) is 9.60. The van der Waals surface area contributed by atoms with E-state index >= 15 is 0 Å². The SMILES string of the molecule is COc1cc(NC(=O)n2ccnc2)ccc1NC(C)=O. The number of ether oxygens (including phenoxy) is 1. The van der Waals surface area contributed by atoms with Crippen molar-refractivity contribution in [3.8, 4) is 5.75 Å². The molecule has 0 saturated carbocycles. The lowest BCUT2D eigenvalue weighted by Gasteiger charge is -2.11. The number of hydrogen-bond donors (Lipinski definition) is 2. The fraction of sp³-hybridized carbons (Fsp3) is 0.154. The number of nitrogens with zero attached hydrogens (tertiary/aromatic N) is 2. The number of aromatic nitrogens is 2. The van der Waals surface area contributed by atoms with Gasteiger partial charge in [0.1, 0.15) is 12.1 Å². The topological polar surface area (TPSA) is 85.2 Å². The Hall–Kier alpha value is -2.83. The van der Waals surface area contributed by atoms with E-state index in [4.69, 9.17) is 4.74 Å². The Kier molecular flexibility index (Phi) is 3.99. The summed E-state index contributed by atoms with van der Waals surface area (Å²) in [5.41, 5.74) is 1.09. The van der Waals surface area contributed by atoms with Crippen LogP contribution in [0.3, 0.4) is 0 Å². The maximum Gasteiger partial charge on any atom is 0.331 e. The van der Waals surface area contributed by atoms with Crippen molar-refractivity contribution in [2.75, 3.05) is 17.7 Å². The molecule has 0 aliphatic rings. The Morgan fingerprint density at radius 2 is 2.10 bits per heavy atom. The summed E-state index contributed by atoms with van der Waals surface area (Å²) in [6.07, 6.45) is 4.45. The predicted molar refractivity (Wildman–Crippen MR) is 73.9 cm³/mol. The summed E-state index contributed by atoms with van der Waals surface area (Å²) >= 11 is 0. The molecule has 0 atom stereocenters. The second kappa shape index (κ2) is 5.87. The van der Waals surface area contributed by atoms with Gasteiger partial charge >= 0.3 is 6.03 Å². The average molecular weight is 274 g/mol. The van der Waals surface area contributed by atoms with Crippen molar-refractivity contribution in [2.24, 2.45) is 0 Å². The zero-order chi connectivity index (χ0) is 14.5. The molecule has 0 aliphatic carbocycles. The summed E-state index contributed by atoms with van der Waals surface area (Å²) in [5.74, 6) is 0.266. The highest BCUT2D eigenvalue weighted by Crippen LogP contribution is 2.27. The summed E-state index contributed by atoms with van der Waals surface area (Å²) in [6, 6.07) is 4.61. The van der Waals surface area contributed by atoms with Crippen LogP contribution in [0.5, 0.6) is 5.75 Å². The molecule has 1 aromatic heterocycles. The lowest BCUT2D eigenvalue weighted by atomic mass is 10.2. The van der Waals surface area contributed by atoms with Gasteiger partial charge in [0, 0.05) is 31.1 Å². The summed E-state index contributed by atoms with van der Waals surface area (Å²) in [4.78, 5) is 26.7. The van der Waals surface area contributed by atoms with Gasteiger partial charge in [-0.15, -0.1) is 0 Å². The number of carbonyl (C=O) groups is 2. The molecule has 2 N–H and O–H groups in total. The standard InChI is InChI=1S/C13H14N4O3/c1-9(18)15-11-4-3-10(7-12(11)20-2)16-13(19)17-6-5-14-8-17/h3-8H,1-2H3,(H,15,18)(H,16,19). The van der Waals surface area contributed by atoms with Crippen molar-refractivity contribution in [1.82, 2.24) is 9.55 Å². The molecule has 2 amide bonds. The molecule has 20 heavy (non-hydrogen) atoms. The van der Waals surface area contributed by atoms with Crippen molar-refractivity contribution in [3.63, 3.8) is 0 Å². The summed E-state index contributed by atoms with van der Waals surface area (Å²) in [5, 5.41) is 5.33. The number of amides is 2. The number of benzene rings is 1. The maximum atomic E-state index is 11.8. The highest BCUT2D eigenvalue weighted by molar-refractivity contribution is 5.93. The third kappa shape index (κ3) is 3.14. The van der Waals surface area contributed by atoms with Crippen LogP contribution in [0.4, 0.5) is 16.2 Å². The summed E-state index contributed by atoms with van der Waals surface area (Å²) in [6.45, 7) is 1.41. The van der Waals surface area contributed by atoms with Crippen LogP contribution < -0.4 is 15.4 Å². The first-order valence-corrected chi connectivity index (χ1v) is 5.85. The highest BCUT2D eigenvalue weighted by Gasteiger charge is 2.09. The Morgan fingerprint density at radius 1 is 1.30 bits per heavy atom. The smallest absolute Gasteiger partial charge is 0.331 e. The Balaban J connectivity index is 2.17. The van der Waals surface area contributed by atoms with Gasteiger partial charge in [0.2, 0.25) is 5.91 Å². The number of imidazole rings is 1. The molecule has 0 fully saturated rings. The molecule has 7 nitrogen and oxygen atoms in total. The molecule has 0 bridgehead atoms. The van der Waals surface area contributed by atoms with E-state index in [9.17, 15) is 9.59 Å². The van der Waals surface area contributed by atoms with E-state index in [1.165, 1.54) is 37.3 Å². The van der Waals surface area contributed by atoms with Crippen LogP contribution in [0.25, 0.3) is 0 Å². The lowest BCUT2D eigenvalue weighted by molar-refractivity contribution is -0.114. The third-order valence-electron chi connectivity index (χ3n) is 2.50. The average Bonchev–Trinajstić information content (AvgIpc) is 2.94. The lowest BCUT2D eigenvalue weighted by Crippen LogP contribution is -2.17. The number of rotatable bonds is 3. The zero-order valence-electron chi connectivity index (χ0n) is 11.1. The first kappa shape index (κ1) is 13.6. The van der Waals surface area contributed by atoms with E-state index in [2.05, 4.69) is 15.6 Å². The van der Waals surface area contributed by atoms with Crippen molar-refractivity contribution in [2.45, 2.75) is 6.92 Å². The van der Waals surface area contributed by atoms with E-state index in [0.29, 0.717) is 17.1 Å². The minimum Gasteiger partial charge on any atom is -0.494 e. The van der Waals surface area contributed by atoms with Crippen LogP contribution in [-0.4, -0.2) is 28.6 Å². The fourth-order valence-corrected chi connectivity index (χ4v) is 1.63. The van der Waals surface area contributed by atoms with Crippen LogP contribution in [-0.2, 0) is 4.79 Å². The molecule has 7 heteroatoms. The van der Waals surface area contributed by atoms with Crippen molar-refractivity contribution in [3.05, 3.63) is 36.9 Å². The summed E-state index contributed by atoms with van der Waals surface area (Å²) in [7, 11) is 1.49. The maximum absolute atomic E-state index is 11.8. The third-order valence-corrected chi connectivity index (χ3v) is 2.50. The first-order valence-electron chi connectivity index (χ1n) is 5.85. The van der Waals surface area contributed by atoms with Crippen LogP contribution in [0.15, 0.2) is 36.9 Å². The Morgan fingerprint density at radius 3 is 2.70 bits per heavy atom. The van der Waals surface area contributed by atoms with E-state index in [-0.39, 0.29) is 11.9 Å². The molecule has 0 unspecified atom stereocenters. The molecular formula is C13H14N4O3. The van der Waals surface area contributed by atoms with Crippen LogP contribution >= 0.6 is 0 Å². The molecular weight excluding hydrogens is 260 g/mol. The van der Waals surface area contributed by atoms with Crippen LogP contribution in [0, 0.1) is 0 Å². The molecule has 0 radical (unpaired) electrons. The van der Waals surface area contributed by atoms with E-state index < -0.39 is 0 Å². The van der Waals surface area contributed by atoms with Crippen molar-refractivity contribution in [1.29, 1.82) is 0 Å². The number of nitrogens with one attached hydrogen (secondary N) is 2. The minimum absolute atomic E-state index is 0.196. The molecule has 1 aromatic carbocycles. The number of methoxy groups -OCH3 is 1. The van der Waals surface area contributed by atoms with Gasteiger partial charge < -0.3 is 15.4 Å². The molecule has 2 rings (SSSR count). The van der Waals surface area contributed by atoms with E-state index in [0.717, 1.165) is 0 Å².